The average molecular weight is 407 g/mol. The number of benzene rings is 1. The minimum absolute atomic E-state index is 0.00468. The van der Waals surface area contributed by atoms with Crippen molar-refractivity contribution in [2.75, 3.05) is 19.8 Å². The van der Waals surface area contributed by atoms with Crippen molar-refractivity contribution in [2.24, 2.45) is 11.7 Å². The van der Waals surface area contributed by atoms with Gasteiger partial charge in [-0.1, -0.05) is 18.2 Å². The molecule has 0 aliphatic carbocycles. The molecule has 0 bridgehead atoms. The average Bonchev–Trinajstić information content (AvgIpc) is 2.69. The Hall–Kier alpha value is -3.43. The van der Waals surface area contributed by atoms with Gasteiger partial charge >= 0.3 is 11.9 Å². The van der Waals surface area contributed by atoms with E-state index in [-0.39, 0.29) is 13.2 Å². The molecule has 158 valence electrons. The fourth-order valence-corrected chi connectivity index (χ4v) is 2.43. The van der Waals surface area contributed by atoms with Crippen LogP contribution in [0.15, 0.2) is 30.3 Å². The molecule has 0 aliphatic rings. The number of hydrogen-bond acceptors (Lipinski definition) is 7. The second-order valence-electron chi connectivity index (χ2n) is 5.86. The van der Waals surface area contributed by atoms with Gasteiger partial charge in [0.1, 0.15) is 6.04 Å². The van der Waals surface area contributed by atoms with Crippen LogP contribution in [0.1, 0.15) is 30.6 Å². The molecule has 10 nitrogen and oxygen atoms in total. The third-order valence-corrected chi connectivity index (χ3v) is 3.75. The molecular weight excluding hydrogens is 382 g/mol. The van der Waals surface area contributed by atoms with Crippen LogP contribution in [-0.4, -0.2) is 55.5 Å². The molecule has 4 N–H and O–H groups in total. The largest absolute Gasteiger partial charge is 0.466 e. The lowest BCUT2D eigenvalue weighted by Crippen LogP contribution is -2.54. The maximum absolute atomic E-state index is 12.2. The summed E-state index contributed by atoms with van der Waals surface area (Å²) >= 11 is 0. The lowest BCUT2D eigenvalue weighted by molar-refractivity contribution is -0.157. The van der Waals surface area contributed by atoms with Crippen molar-refractivity contribution in [3.05, 3.63) is 35.9 Å². The fraction of sp³-hybridized carbons (Fsp3) is 0.421. The maximum atomic E-state index is 12.2. The Bertz CT molecular complexity index is 737. The summed E-state index contributed by atoms with van der Waals surface area (Å²) in [7, 11) is 0. The molecule has 0 aliphatic heterocycles. The van der Waals surface area contributed by atoms with Crippen molar-refractivity contribution in [3.63, 3.8) is 0 Å². The van der Waals surface area contributed by atoms with Crippen LogP contribution in [0.5, 0.6) is 0 Å². The van der Waals surface area contributed by atoms with Crippen molar-refractivity contribution in [2.45, 2.75) is 26.3 Å². The zero-order chi connectivity index (χ0) is 21.8. The van der Waals surface area contributed by atoms with E-state index in [1.807, 2.05) is 0 Å². The summed E-state index contributed by atoms with van der Waals surface area (Å²) < 4.78 is 9.67. The number of nitrogens with one attached hydrogen (secondary N) is 2. The van der Waals surface area contributed by atoms with Crippen LogP contribution in [0.3, 0.4) is 0 Å². The summed E-state index contributed by atoms with van der Waals surface area (Å²) in [5.41, 5.74) is 5.66. The summed E-state index contributed by atoms with van der Waals surface area (Å²) in [6, 6.07) is 6.68. The van der Waals surface area contributed by atoms with E-state index in [0.29, 0.717) is 5.56 Å². The first-order valence-corrected chi connectivity index (χ1v) is 9.04. The molecule has 1 aromatic carbocycles. The second-order valence-corrected chi connectivity index (χ2v) is 5.86. The Kier molecular flexibility index (Phi) is 9.86. The van der Waals surface area contributed by atoms with Crippen LogP contribution in [0.4, 0.5) is 0 Å². The number of carbonyl (C=O) groups excluding carboxylic acids is 5. The number of amides is 3. The van der Waals surface area contributed by atoms with Crippen LogP contribution in [0.25, 0.3) is 0 Å². The number of carbonyl (C=O) groups is 5. The maximum Gasteiger partial charge on any atom is 0.312 e. The van der Waals surface area contributed by atoms with Gasteiger partial charge in [0.05, 0.1) is 32.1 Å². The molecule has 0 heterocycles. The van der Waals surface area contributed by atoms with E-state index < -0.39 is 54.6 Å². The zero-order valence-electron chi connectivity index (χ0n) is 16.3. The number of rotatable bonds is 11. The van der Waals surface area contributed by atoms with Crippen LogP contribution in [0, 0.1) is 5.92 Å². The molecule has 3 amide bonds. The Labute approximate surface area is 168 Å². The van der Waals surface area contributed by atoms with E-state index in [4.69, 9.17) is 15.2 Å². The number of esters is 2. The molecule has 0 unspecified atom stereocenters. The van der Waals surface area contributed by atoms with Gasteiger partial charge < -0.3 is 25.8 Å². The van der Waals surface area contributed by atoms with Gasteiger partial charge in [0.2, 0.25) is 11.8 Å². The van der Waals surface area contributed by atoms with Crippen molar-refractivity contribution >= 4 is 29.7 Å². The molecule has 29 heavy (non-hydrogen) atoms. The topological polar surface area (TPSA) is 154 Å². The van der Waals surface area contributed by atoms with Gasteiger partial charge in [0, 0.05) is 5.56 Å². The van der Waals surface area contributed by atoms with E-state index in [9.17, 15) is 24.0 Å². The smallest absolute Gasteiger partial charge is 0.312 e. The van der Waals surface area contributed by atoms with Gasteiger partial charge in [-0.05, 0) is 26.0 Å². The van der Waals surface area contributed by atoms with Gasteiger partial charge in [-0.25, -0.2) is 0 Å². The van der Waals surface area contributed by atoms with E-state index >= 15 is 0 Å². The first-order chi connectivity index (χ1) is 13.8. The third kappa shape index (κ3) is 7.99. The van der Waals surface area contributed by atoms with E-state index in [1.54, 1.807) is 44.2 Å². The molecule has 0 saturated carbocycles. The first kappa shape index (κ1) is 23.6. The van der Waals surface area contributed by atoms with Gasteiger partial charge in [0.15, 0.2) is 0 Å². The van der Waals surface area contributed by atoms with Gasteiger partial charge in [0.25, 0.3) is 5.91 Å². The molecule has 0 saturated heterocycles. The molecule has 1 rings (SSSR count). The Morgan fingerprint density at radius 3 is 2.17 bits per heavy atom. The van der Waals surface area contributed by atoms with E-state index in [0.717, 1.165) is 0 Å². The van der Waals surface area contributed by atoms with Crippen molar-refractivity contribution in [1.29, 1.82) is 0 Å². The monoisotopic (exact) mass is 407 g/mol. The minimum Gasteiger partial charge on any atom is -0.466 e. The third-order valence-electron chi connectivity index (χ3n) is 3.75. The lowest BCUT2D eigenvalue weighted by atomic mass is 9.95. The quantitative estimate of drug-likeness (QED) is 0.419. The first-order valence-electron chi connectivity index (χ1n) is 9.04. The number of nitrogens with two attached hydrogens (primary N) is 1. The predicted molar refractivity (Wildman–Crippen MR) is 101 cm³/mol. The SMILES string of the molecule is CCOC(=O)C[C@H](C(=O)OCC)[C@@H](NC(=O)CNC(=O)c1ccccc1)C(N)=O. The van der Waals surface area contributed by atoms with Crippen molar-refractivity contribution in [1.82, 2.24) is 10.6 Å². The number of ether oxygens (including phenoxy) is 2. The molecule has 0 aromatic heterocycles. The van der Waals surface area contributed by atoms with Crippen LogP contribution < -0.4 is 16.4 Å². The predicted octanol–water partition coefficient (Wildman–Crippen LogP) is -0.481. The van der Waals surface area contributed by atoms with Crippen LogP contribution in [-0.2, 0) is 28.7 Å². The highest BCUT2D eigenvalue weighted by atomic mass is 16.5. The highest BCUT2D eigenvalue weighted by Crippen LogP contribution is 2.13. The zero-order valence-corrected chi connectivity index (χ0v) is 16.3. The molecule has 0 spiro atoms. The highest BCUT2D eigenvalue weighted by Gasteiger charge is 2.37. The molecule has 2 atom stereocenters. The van der Waals surface area contributed by atoms with Gasteiger partial charge in [-0.3, -0.25) is 24.0 Å². The van der Waals surface area contributed by atoms with Crippen molar-refractivity contribution in [3.8, 4) is 0 Å². The summed E-state index contributed by atoms with van der Waals surface area (Å²) in [5, 5.41) is 4.66. The minimum atomic E-state index is -1.51. The molecule has 1 aromatic rings. The highest BCUT2D eigenvalue weighted by molar-refractivity contribution is 5.97. The summed E-state index contributed by atoms with van der Waals surface area (Å²) in [6.07, 6.45) is -0.503. The van der Waals surface area contributed by atoms with E-state index in [2.05, 4.69) is 10.6 Å². The second kappa shape index (κ2) is 12.1. The Morgan fingerprint density at radius 2 is 1.62 bits per heavy atom. The number of primary amides is 1. The molecular formula is C19H25N3O7. The summed E-state index contributed by atoms with van der Waals surface area (Å²) in [4.78, 5) is 60.0. The standard InChI is InChI=1S/C19H25N3O7/c1-3-28-15(24)10-13(19(27)29-4-2)16(17(20)25)22-14(23)11-21-18(26)12-8-6-5-7-9-12/h5-9,13,16H,3-4,10-11H2,1-2H3,(H2,20,25)(H,21,26)(H,22,23)/t13-,16+/m0/s1. The molecule has 0 radical (unpaired) electrons. The molecule has 0 fully saturated rings. The van der Waals surface area contributed by atoms with Crippen LogP contribution >= 0.6 is 0 Å². The van der Waals surface area contributed by atoms with Crippen molar-refractivity contribution < 1.29 is 33.4 Å². The van der Waals surface area contributed by atoms with Gasteiger partial charge in [-0.2, -0.15) is 0 Å². The Balaban J connectivity index is 2.81. The normalized spacial score (nSPS) is 12.2. The fourth-order valence-electron chi connectivity index (χ4n) is 2.43. The summed E-state index contributed by atoms with van der Waals surface area (Å²) in [6.45, 7) is 2.75. The summed E-state index contributed by atoms with van der Waals surface area (Å²) in [5.74, 6) is -5.28. The Morgan fingerprint density at radius 1 is 1.00 bits per heavy atom. The van der Waals surface area contributed by atoms with E-state index in [1.165, 1.54) is 0 Å². The van der Waals surface area contributed by atoms with Gasteiger partial charge in [-0.15, -0.1) is 0 Å². The lowest BCUT2D eigenvalue weighted by Gasteiger charge is -2.23. The number of hydrogen-bond donors (Lipinski definition) is 3. The molecule has 10 heteroatoms. The van der Waals surface area contributed by atoms with Crippen LogP contribution in [0.2, 0.25) is 0 Å².